The van der Waals surface area contributed by atoms with E-state index in [1.54, 1.807) is 24.3 Å². The number of ether oxygens (including phenoxy) is 1. The van der Waals surface area contributed by atoms with E-state index in [4.69, 9.17) is 16.3 Å². The Balaban J connectivity index is 1.98. The number of carboxylic acids is 1. The summed E-state index contributed by atoms with van der Waals surface area (Å²) in [4.78, 5) is 23.1. The second kappa shape index (κ2) is 8.33. The van der Waals surface area contributed by atoms with Crippen molar-refractivity contribution in [3.8, 4) is 0 Å². The molecule has 3 N–H and O–H groups in total. The van der Waals surface area contributed by atoms with Gasteiger partial charge in [0.05, 0.1) is 0 Å². The summed E-state index contributed by atoms with van der Waals surface area (Å²) in [6, 6.07) is 13.4. The summed E-state index contributed by atoms with van der Waals surface area (Å²) in [6.45, 7) is -0.00392. The van der Waals surface area contributed by atoms with Crippen LogP contribution in [0.2, 0.25) is 5.02 Å². The Morgan fingerprint density at radius 3 is 2.29 bits per heavy atom. The minimum Gasteiger partial charge on any atom is -0.480 e. The van der Waals surface area contributed by atoms with Crippen molar-refractivity contribution in [2.24, 2.45) is 0 Å². The Morgan fingerprint density at radius 2 is 1.71 bits per heavy atom. The monoisotopic (exact) mass is 349 g/mol. The van der Waals surface area contributed by atoms with Gasteiger partial charge >= 0.3 is 12.1 Å². The van der Waals surface area contributed by atoms with Crippen LogP contribution in [0.15, 0.2) is 54.6 Å². The zero-order chi connectivity index (χ0) is 17.5. The molecule has 0 saturated heterocycles. The molecule has 0 aliphatic rings. The number of hydrogen-bond acceptors (Lipinski definition) is 4. The van der Waals surface area contributed by atoms with Crippen LogP contribution in [0.1, 0.15) is 17.2 Å². The molecule has 2 atom stereocenters. The smallest absolute Gasteiger partial charge is 0.408 e. The highest BCUT2D eigenvalue weighted by Crippen LogP contribution is 2.20. The molecule has 2 rings (SSSR count). The minimum atomic E-state index is -1.55. The SMILES string of the molecule is O=C(NC(C(=O)O)C(O)c1ccc(Cl)cc1)OCc1ccccc1. The maximum atomic E-state index is 11.8. The van der Waals surface area contributed by atoms with Gasteiger partial charge in [-0.1, -0.05) is 54.1 Å². The second-order valence-electron chi connectivity index (χ2n) is 5.02. The molecule has 0 aliphatic carbocycles. The van der Waals surface area contributed by atoms with Gasteiger partial charge in [0, 0.05) is 5.02 Å². The summed E-state index contributed by atoms with van der Waals surface area (Å²) < 4.78 is 4.97. The molecule has 0 aliphatic heterocycles. The molecule has 2 aromatic carbocycles. The van der Waals surface area contributed by atoms with Gasteiger partial charge < -0.3 is 20.3 Å². The van der Waals surface area contributed by atoms with Crippen LogP contribution in [0.4, 0.5) is 4.79 Å². The summed E-state index contributed by atoms with van der Waals surface area (Å²) >= 11 is 5.75. The average Bonchev–Trinajstić information content (AvgIpc) is 2.58. The van der Waals surface area contributed by atoms with E-state index in [-0.39, 0.29) is 6.61 Å². The number of aliphatic hydroxyl groups excluding tert-OH is 1. The van der Waals surface area contributed by atoms with Crippen LogP contribution in [0.3, 0.4) is 0 Å². The lowest BCUT2D eigenvalue weighted by Crippen LogP contribution is -2.45. The van der Waals surface area contributed by atoms with Gasteiger partial charge in [0.1, 0.15) is 12.7 Å². The molecule has 0 fully saturated rings. The largest absolute Gasteiger partial charge is 0.480 e. The minimum absolute atomic E-state index is 0.00392. The first kappa shape index (κ1) is 17.8. The summed E-state index contributed by atoms with van der Waals surface area (Å²) in [5.41, 5.74) is 1.08. The predicted octanol–water partition coefficient (Wildman–Crippen LogP) is 2.75. The van der Waals surface area contributed by atoms with Gasteiger partial charge in [-0.15, -0.1) is 0 Å². The van der Waals surface area contributed by atoms with Gasteiger partial charge in [0.2, 0.25) is 0 Å². The normalized spacial score (nSPS) is 12.9. The molecule has 0 radical (unpaired) electrons. The molecular formula is C17H16ClNO5. The quantitative estimate of drug-likeness (QED) is 0.745. The maximum absolute atomic E-state index is 11.8. The fourth-order valence-electron chi connectivity index (χ4n) is 2.02. The van der Waals surface area contributed by atoms with Crippen molar-refractivity contribution in [1.82, 2.24) is 5.32 Å². The van der Waals surface area contributed by atoms with Gasteiger partial charge in [-0.3, -0.25) is 0 Å². The number of nitrogens with one attached hydrogen (secondary N) is 1. The van der Waals surface area contributed by atoms with Crippen molar-refractivity contribution in [1.29, 1.82) is 0 Å². The van der Waals surface area contributed by atoms with Gasteiger partial charge in [-0.25, -0.2) is 9.59 Å². The molecular weight excluding hydrogens is 334 g/mol. The topological polar surface area (TPSA) is 95.9 Å². The van der Waals surface area contributed by atoms with Crippen molar-refractivity contribution in [3.63, 3.8) is 0 Å². The molecule has 0 saturated carbocycles. The summed E-state index contributed by atoms with van der Waals surface area (Å²) in [5.74, 6) is -1.38. The molecule has 0 bridgehead atoms. The lowest BCUT2D eigenvalue weighted by molar-refractivity contribution is -0.142. The zero-order valence-electron chi connectivity index (χ0n) is 12.6. The average molecular weight is 350 g/mol. The molecule has 2 aromatic rings. The highest BCUT2D eigenvalue weighted by molar-refractivity contribution is 6.30. The van der Waals surface area contributed by atoms with Crippen molar-refractivity contribution >= 4 is 23.7 Å². The molecule has 0 heterocycles. The number of aliphatic hydroxyl groups is 1. The number of carbonyl (C=O) groups excluding carboxylic acids is 1. The van der Waals surface area contributed by atoms with E-state index >= 15 is 0 Å². The van der Waals surface area contributed by atoms with Crippen molar-refractivity contribution in [2.75, 3.05) is 0 Å². The molecule has 1 amide bonds. The summed E-state index contributed by atoms with van der Waals surface area (Å²) in [6.07, 6.45) is -2.37. The second-order valence-corrected chi connectivity index (χ2v) is 5.45. The van der Waals surface area contributed by atoms with Crippen LogP contribution in [-0.4, -0.2) is 28.3 Å². The predicted molar refractivity (Wildman–Crippen MR) is 87.6 cm³/mol. The van der Waals surface area contributed by atoms with Crippen molar-refractivity contribution in [3.05, 3.63) is 70.7 Å². The first-order chi connectivity index (χ1) is 11.5. The van der Waals surface area contributed by atoms with Gasteiger partial charge in [-0.05, 0) is 23.3 Å². The van der Waals surface area contributed by atoms with E-state index < -0.39 is 24.2 Å². The number of amides is 1. The standard InChI is InChI=1S/C17H16ClNO5/c18-13-8-6-12(7-9-13)15(20)14(16(21)22)19-17(23)24-10-11-4-2-1-3-5-11/h1-9,14-15,20H,10H2,(H,19,23)(H,21,22). The maximum Gasteiger partial charge on any atom is 0.408 e. The highest BCUT2D eigenvalue weighted by Gasteiger charge is 2.30. The third-order valence-corrected chi connectivity index (χ3v) is 3.53. The van der Waals surface area contributed by atoms with Crippen LogP contribution >= 0.6 is 11.6 Å². The van der Waals surface area contributed by atoms with E-state index in [2.05, 4.69) is 5.32 Å². The molecule has 0 aromatic heterocycles. The Morgan fingerprint density at radius 1 is 1.08 bits per heavy atom. The molecule has 6 nitrogen and oxygen atoms in total. The first-order valence-corrected chi connectivity index (χ1v) is 7.48. The molecule has 126 valence electrons. The Labute approximate surface area is 143 Å². The number of alkyl carbamates (subject to hydrolysis) is 1. The summed E-state index contributed by atoms with van der Waals surface area (Å²) in [5, 5.41) is 22.0. The van der Waals surface area contributed by atoms with E-state index in [1.165, 1.54) is 24.3 Å². The number of aliphatic carboxylic acids is 1. The molecule has 2 unspecified atom stereocenters. The lowest BCUT2D eigenvalue weighted by Gasteiger charge is -2.20. The van der Waals surface area contributed by atoms with Gasteiger partial charge in [-0.2, -0.15) is 0 Å². The van der Waals surface area contributed by atoms with Crippen LogP contribution in [0.25, 0.3) is 0 Å². The number of carboxylic acid groups (broad SMARTS) is 1. The van der Waals surface area contributed by atoms with Crippen molar-refractivity contribution < 1.29 is 24.5 Å². The Hall–Kier alpha value is -2.57. The third kappa shape index (κ3) is 4.97. The first-order valence-electron chi connectivity index (χ1n) is 7.11. The summed E-state index contributed by atoms with van der Waals surface area (Å²) in [7, 11) is 0. The van der Waals surface area contributed by atoms with Crippen LogP contribution < -0.4 is 5.32 Å². The number of benzene rings is 2. The van der Waals surface area contributed by atoms with E-state index in [0.717, 1.165) is 5.56 Å². The lowest BCUT2D eigenvalue weighted by atomic mass is 10.0. The zero-order valence-corrected chi connectivity index (χ0v) is 13.3. The molecule has 24 heavy (non-hydrogen) atoms. The number of hydrogen-bond donors (Lipinski definition) is 3. The number of halogens is 1. The Bertz CT molecular complexity index is 690. The van der Waals surface area contributed by atoms with Gasteiger partial charge in [0.15, 0.2) is 6.04 Å². The molecule has 7 heteroatoms. The van der Waals surface area contributed by atoms with Crippen LogP contribution in [-0.2, 0) is 16.1 Å². The van der Waals surface area contributed by atoms with Crippen LogP contribution in [0, 0.1) is 0 Å². The van der Waals surface area contributed by atoms with E-state index in [9.17, 15) is 19.8 Å². The molecule has 0 spiro atoms. The van der Waals surface area contributed by atoms with Crippen molar-refractivity contribution in [2.45, 2.75) is 18.8 Å². The van der Waals surface area contributed by atoms with Crippen LogP contribution in [0.5, 0.6) is 0 Å². The van der Waals surface area contributed by atoms with Gasteiger partial charge in [0.25, 0.3) is 0 Å². The number of carbonyl (C=O) groups is 2. The van der Waals surface area contributed by atoms with E-state index in [0.29, 0.717) is 10.6 Å². The number of rotatable bonds is 6. The third-order valence-electron chi connectivity index (χ3n) is 3.28. The van der Waals surface area contributed by atoms with E-state index in [1.807, 2.05) is 6.07 Å². The highest BCUT2D eigenvalue weighted by atomic mass is 35.5. The fourth-order valence-corrected chi connectivity index (χ4v) is 2.15. The fraction of sp³-hybridized carbons (Fsp3) is 0.176. The Kier molecular flexibility index (Phi) is 6.17.